The molecule has 0 radical (unpaired) electrons. The number of nitrogens with zero attached hydrogens (tertiary/aromatic N) is 1. The highest BCUT2D eigenvalue weighted by Crippen LogP contribution is 2.39. The molecule has 1 saturated carbocycles. The molecule has 0 spiro atoms. The number of aliphatic hydroxyl groups excluding tert-OH is 3. The summed E-state index contributed by atoms with van der Waals surface area (Å²) in [7, 11) is 1.31. The molecule has 6 amide bonds. The Balaban J connectivity index is 2.19. The van der Waals surface area contributed by atoms with E-state index in [1.165, 1.54) is 20.9 Å². The fraction of sp³-hybridized carbons (Fsp3) is 0.800. The SMILES string of the molecule is C=C(C)OC(=O)NC(C)(C)CNCC1=CC[C@@H](NC(=O)OC(C)(C)C)[C@@H](C2[C@@H](NC(=O)OC(C)(C)C)C[C@@H](NC(=O)[C@@H](O)CNC(=O)OC(C)(C)C)[C@H](O[C@H]3OC[C@](C)(O)[C@H](N(C)C(=O)OC(C)(C)C)[C@H]3O)[C@H]2O)O1. The number of allylic oxidation sites excluding steroid dienone is 1. The minimum absolute atomic E-state index is 0.0473. The van der Waals surface area contributed by atoms with Crippen LogP contribution in [0.5, 0.6) is 0 Å². The molecule has 0 bridgehead atoms. The minimum Gasteiger partial charge on any atom is -0.491 e. The maximum absolute atomic E-state index is 13.9. The van der Waals surface area contributed by atoms with Crippen LogP contribution in [0.4, 0.5) is 24.0 Å². The quantitative estimate of drug-likeness (QED) is 0.0785. The molecule has 3 aliphatic rings. The maximum atomic E-state index is 13.9. The molecule has 2 aliphatic heterocycles. The molecule has 10 N–H and O–H groups in total. The Hall–Kier alpha value is -5.18. The lowest BCUT2D eigenvalue weighted by Crippen LogP contribution is -2.71. The fourth-order valence-corrected chi connectivity index (χ4v) is 8.56. The number of nitrogens with one attached hydrogen (secondary N) is 6. The number of hydrogen-bond donors (Lipinski definition) is 10. The second-order valence-corrected chi connectivity index (χ2v) is 24.2. The third-order valence-electron chi connectivity index (χ3n) is 11.4. The lowest BCUT2D eigenvalue weighted by molar-refractivity contribution is -0.305. The first-order chi connectivity index (χ1) is 34.1. The summed E-state index contributed by atoms with van der Waals surface area (Å²) in [6, 6.07) is -5.04. The number of likely N-dealkylation sites (N-methyl/N-ethyl adjacent to an activating group) is 1. The van der Waals surface area contributed by atoms with Gasteiger partial charge in [0.05, 0.1) is 55.2 Å². The molecule has 12 atom stereocenters. The molecular formula is C50H87N7O18. The van der Waals surface area contributed by atoms with Gasteiger partial charge in [-0.15, -0.1) is 0 Å². The monoisotopic (exact) mass is 1070 g/mol. The molecule has 0 aromatic rings. The predicted molar refractivity (Wildman–Crippen MR) is 271 cm³/mol. The summed E-state index contributed by atoms with van der Waals surface area (Å²) >= 11 is 0. The summed E-state index contributed by atoms with van der Waals surface area (Å²) < 4.78 is 46.2. The molecular weight excluding hydrogens is 987 g/mol. The van der Waals surface area contributed by atoms with Crippen LogP contribution in [0.2, 0.25) is 0 Å². The Morgan fingerprint density at radius 2 is 1.32 bits per heavy atom. The van der Waals surface area contributed by atoms with Crippen LogP contribution in [0.25, 0.3) is 0 Å². The van der Waals surface area contributed by atoms with Gasteiger partial charge in [0.1, 0.15) is 58.2 Å². The number of rotatable bonds is 16. The second-order valence-electron chi connectivity index (χ2n) is 24.2. The number of carbonyl (C=O) groups is 6. The zero-order valence-electron chi connectivity index (χ0n) is 46.8. The van der Waals surface area contributed by atoms with Gasteiger partial charge in [-0.1, -0.05) is 6.58 Å². The van der Waals surface area contributed by atoms with Crippen LogP contribution in [0.15, 0.2) is 24.2 Å². The average Bonchev–Trinajstić information content (AvgIpc) is 3.19. The summed E-state index contributed by atoms with van der Waals surface area (Å²) in [5, 5.41) is 64.3. The van der Waals surface area contributed by atoms with Crippen molar-refractivity contribution in [3.05, 3.63) is 24.2 Å². The molecule has 25 heteroatoms. The first kappa shape index (κ1) is 64.1. The highest BCUT2D eigenvalue weighted by molar-refractivity contribution is 5.82. The fourth-order valence-electron chi connectivity index (χ4n) is 8.56. The van der Waals surface area contributed by atoms with Gasteiger partial charge in [0.2, 0.25) is 0 Å². The van der Waals surface area contributed by atoms with Gasteiger partial charge in [-0.25, -0.2) is 24.0 Å². The van der Waals surface area contributed by atoms with E-state index in [4.69, 9.17) is 37.9 Å². The van der Waals surface area contributed by atoms with E-state index < -0.39 is 150 Å². The van der Waals surface area contributed by atoms with Crippen LogP contribution in [-0.4, -0.2) is 190 Å². The van der Waals surface area contributed by atoms with Crippen LogP contribution in [0.1, 0.15) is 124 Å². The second kappa shape index (κ2) is 25.3. The van der Waals surface area contributed by atoms with Crippen LogP contribution in [0, 0.1) is 5.92 Å². The molecule has 1 unspecified atom stereocenters. The van der Waals surface area contributed by atoms with Crippen LogP contribution in [0.3, 0.4) is 0 Å². The van der Waals surface area contributed by atoms with Gasteiger partial charge < -0.3 is 95.1 Å². The molecule has 2 heterocycles. The van der Waals surface area contributed by atoms with E-state index in [2.05, 4.69) is 38.5 Å². The number of alkyl carbamates (subject to hydrolysis) is 4. The maximum Gasteiger partial charge on any atom is 0.412 e. The van der Waals surface area contributed by atoms with E-state index in [0.717, 1.165) is 4.90 Å². The Morgan fingerprint density at radius 1 is 0.787 bits per heavy atom. The van der Waals surface area contributed by atoms with Gasteiger partial charge in [0, 0.05) is 25.6 Å². The lowest BCUT2D eigenvalue weighted by atomic mass is 9.72. The van der Waals surface area contributed by atoms with Crippen LogP contribution >= 0.6 is 0 Å². The number of carbonyl (C=O) groups excluding carboxylic acids is 6. The van der Waals surface area contributed by atoms with Crippen LogP contribution < -0.4 is 31.9 Å². The summed E-state index contributed by atoms with van der Waals surface area (Å²) in [5.41, 5.74) is -6.59. The van der Waals surface area contributed by atoms with Crippen molar-refractivity contribution in [1.82, 2.24) is 36.8 Å². The highest BCUT2D eigenvalue weighted by Gasteiger charge is 2.57. The van der Waals surface area contributed by atoms with Crippen molar-refractivity contribution in [2.24, 2.45) is 5.92 Å². The largest absolute Gasteiger partial charge is 0.491 e. The molecule has 1 saturated heterocycles. The van der Waals surface area contributed by atoms with Gasteiger partial charge in [-0.3, -0.25) is 4.79 Å². The van der Waals surface area contributed by atoms with Crippen molar-refractivity contribution in [3.63, 3.8) is 0 Å². The zero-order valence-corrected chi connectivity index (χ0v) is 46.8. The summed E-state index contributed by atoms with van der Waals surface area (Å²) in [6.07, 6.45) is -13.1. The van der Waals surface area contributed by atoms with E-state index in [1.54, 1.807) is 103 Å². The number of ether oxygens (including phenoxy) is 8. The molecule has 2 fully saturated rings. The third-order valence-corrected chi connectivity index (χ3v) is 11.4. The third kappa shape index (κ3) is 21.0. The molecule has 1 aliphatic carbocycles. The molecule has 430 valence electrons. The molecule has 0 aromatic carbocycles. The molecule has 0 aromatic heterocycles. The van der Waals surface area contributed by atoms with Crippen molar-refractivity contribution < 1.29 is 87.1 Å². The van der Waals surface area contributed by atoms with Crippen molar-refractivity contribution in [2.45, 2.75) is 218 Å². The van der Waals surface area contributed by atoms with E-state index in [-0.39, 0.29) is 31.7 Å². The van der Waals surface area contributed by atoms with Crippen LogP contribution in [-0.2, 0) is 42.7 Å². The number of aliphatic hydroxyl groups is 4. The van der Waals surface area contributed by atoms with Gasteiger partial charge >= 0.3 is 30.5 Å². The predicted octanol–water partition coefficient (Wildman–Crippen LogP) is 2.91. The topological polar surface area (TPSA) is 333 Å². The number of amides is 6. The van der Waals surface area contributed by atoms with Gasteiger partial charge in [-0.05, 0) is 130 Å². The zero-order chi connectivity index (χ0) is 57.4. The average molecular weight is 1070 g/mol. The highest BCUT2D eigenvalue weighted by atomic mass is 16.7. The Bertz CT molecular complexity index is 2040. The smallest absolute Gasteiger partial charge is 0.412 e. The molecule has 3 rings (SSSR count). The van der Waals surface area contributed by atoms with Gasteiger partial charge in [0.15, 0.2) is 6.29 Å². The molecule has 75 heavy (non-hydrogen) atoms. The molecule has 25 nitrogen and oxygen atoms in total. The van der Waals surface area contributed by atoms with E-state index in [9.17, 15) is 49.2 Å². The Morgan fingerprint density at radius 3 is 1.85 bits per heavy atom. The van der Waals surface area contributed by atoms with E-state index in [1.807, 2.05) is 0 Å². The summed E-state index contributed by atoms with van der Waals surface area (Å²) in [6.45, 7) is 28.7. The van der Waals surface area contributed by atoms with E-state index in [0.29, 0.717) is 5.76 Å². The minimum atomic E-state index is -1.91. The van der Waals surface area contributed by atoms with E-state index >= 15 is 0 Å². The Kier molecular flexibility index (Phi) is 21.6. The van der Waals surface area contributed by atoms with Crippen molar-refractivity contribution in [3.8, 4) is 0 Å². The van der Waals surface area contributed by atoms with Gasteiger partial charge in [0.25, 0.3) is 5.91 Å². The first-order valence-electron chi connectivity index (χ1n) is 25.0. The summed E-state index contributed by atoms with van der Waals surface area (Å²) in [5.74, 6) is -1.86. The Labute approximate surface area is 440 Å². The normalized spacial score (nSPS) is 27.9. The van der Waals surface area contributed by atoms with Gasteiger partial charge in [-0.2, -0.15) is 0 Å². The standard InChI is InChI=1S/C50H87N7O18/c1-26(2)69-43(65)56-49(15,16)24-51-22-27-19-20-28(54-41(63)73-46(6,7)8)35(70-27)32-29(55-42(64)74-47(9,10)11)21-30(53-38(61)31(58)23-52-40(62)72-45(3,4)5)36(33(32)59)71-39-34(60)37(50(17,67)25-68-39)57(18)44(66)75-48(12,13)14/h19,28-37,39,51,58-60,67H,1,20-25H2,2-18H3,(H,52,62)(H,53,61)(H,54,63)(H,55,64)(H,56,65)/t28-,29+,30-,31+,32?,33+,34-,35+,36+,37-,39-,50+/m1/s1. The lowest BCUT2D eigenvalue weighted by Gasteiger charge is -2.52. The summed E-state index contributed by atoms with van der Waals surface area (Å²) in [4.78, 5) is 80.6. The van der Waals surface area contributed by atoms with Crippen molar-refractivity contribution >= 4 is 36.4 Å². The van der Waals surface area contributed by atoms with Crippen molar-refractivity contribution in [2.75, 3.05) is 33.3 Å². The number of hydrogen-bond acceptors (Lipinski definition) is 19. The first-order valence-corrected chi connectivity index (χ1v) is 25.0. The van der Waals surface area contributed by atoms with Crippen molar-refractivity contribution in [1.29, 1.82) is 0 Å².